The first-order valence-corrected chi connectivity index (χ1v) is 4.96. The molecule has 0 rings (SSSR count). The van der Waals surface area contributed by atoms with Crippen molar-refractivity contribution in [2.45, 2.75) is 38.8 Å². The summed E-state index contributed by atoms with van der Waals surface area (Å²) in [7, 11) is 1.43. The molecule has 0 saturated heterocycles. The number of rotatable bonds is 5. The number of aldehydes is 1. The van der Waals surface area contributed by atoms with Gasteiger partial charge < -0.3 is 19.7 Å². The van der Waals surface area contributed by atoms with Crippen LogP contribution in [0.1, 0.15) is 27.7 Å². The molecule has 2 N–H and O–H groups in total. The monoisotopic (exact) mass is 232 g/mol. The third-order valence-corrected chi connectivity index (χ3v) is 1.63. The topological polar surface area (TPSA) is 76.7 Å². The number of amides is 1. The highest BCUT2D eigenvalue weighted by molar-refractivity contribution is 5.76. The lowest BCUT2D eigenvalue weighted by molar-refractivity contribution is -0.113. The van der Waals surface area contributed by atoms with Gasteiger partial charge in [-0.15, -0.1) is 0 Å². The number of hydrogen-bond acceptors (Lipinski definition) is 5. The average Bonchev–Trinajstić information content (AvgIpc) is 2.11. The summed E-state index contributed by atoms with van der Waals surface area (Å²) in [5.74, 6) is 0. The van der Waals surface area contributed by atoms with Crippen LogP contribution in [0.2, 0.25) is 0 Å². The van der Waals surface area contributed by atoms with Crippen molar-refractivity contribution >= 4 is 12.4 Å². The molecule has 94 valence electrons. The largest absolute Gasteiger partial charge is 0.444 e. The molecule has 0 radical (unpaired) electrons. The van der Waals surface area contributed by atoms with Crippen LogP contribution in [-0.2, 0) is 14.4 Å². The summed E-state index contributed by atoms with van der Waals surface area (Å²) in [6.07, 6.45) is -0.0110. The number of alkyl carbamates (subject to hydrolysis) is 1. The minimum atomic E-state index is -1.06. The van der Waals surface area contributed by atoms with Crippen molar-refractivity contribution in [2.24, 2.45) is 0 Å². The quantitative estimate of drug-likeness (QED) is 0.537. The van der Waals surface area contributed by atoms with Crippen LogP contribution in [0.25, 0.3) is 0 Å². The Morgan fingerprint density at radius 2 is 1.88 bits per heavy atom. The molecule has 1 atom stereocenters. The van der Waals surface area contributed by atoms with Crippen LogP contribution >= 0.6 is 0 Å². The van der Waals surface area contributed by atoms with Crippen molar-refractivity contribution in [3.05, 3.63) is 0 Å². The van der Waals surface area contributed by atoms with Crippen LogP contribution in [0, 0.1) is 0 Å². The van der Waals surface area contributed by atoms with E-state index >= 15 is 0 Å². The first-order chi connectivity index (χ1) is 7.22. The minimum Gasteiger partial charge on any atom is -0.444 e. The Kier molecular flexibility index (Phi) is 5.40. The fourth-order valence-electron chi connectivity index (χ4n) is 0.874. The van der Waals surface area contributed by atoms with E-state index in [0.29, 0.717) is 6.29 Å². The van der Waals surface area contributed by atoms with Gasteiger partial charge in [0.25, 0.3) is 0 Å². The molecule has 1 unspecified atom stereocenters. The van der Waals surface area contributed by atoms with Gasteiger partial charge in [0.2, 0.25) is 0 Å². The summed E-state index contributed by atoms with van der Waals surface area (Å²) in [6, 6.07) is 0. The van der Waals surface area contributed by atoms with Crippen LogP contribution in [0.3, 0.4) is 0 Å². The maximum atomic E-state index is 11.4. The zero-order chi connectivity index (χ0) is 12.8. The summed E-state index contributed by atoms with van der Waals surface area (Å²) >= 11 is 0. The Hall–Kier alpha value is -1.14. The number of carbonyl (C=O) groups is 2. The van der Waals surface area contributed by atoms with Gasteiger partial charge in [-0.1, -0.05) is 0 Å². The van der Waals surface area contributed by atoms with Gasteiger partial charge >= 0.3 is 6.09 Å². The van der Waals surface area contributed by atoms with E-state index in [2.05, 4.69) is 15.6 Å². The summed E-state index contributed by atoms with van der Waals surface area (Å²) in [5.41, 5.74) is 0.855. The zero-order valence-electron chi connectivity index (χ0n) is 10.4. The predicted octanol–water partition coefficient (Wildman–Crippen LogP) is 0.620. The lowest BCUT2D eigenvalue weighted by Gasteiger charge is -2.27. The lowest BCUT2D eigenvalue weighted by atomic mass is 10.1. The highest BCUT2D eigenvalue weighted by Gasteiger charge is 2.28. The van der Waals surface area contributed by atoms with Crippen molar-refractivity contribution in [1.82, 2.24) is 10.8 Å². The maximum absolute atomic E-state index is 11.4. The fourth-order valence-corrected chi connectivity index (χ4v) is 0.874. The molecule has 1 amide bonds. The van der Waals surface area contributed by atoms with E-state index in [1.807, 2.05) is 0 Å². The highest BCUT2D eigenvalue weighted by atomic mass is 16.6. The third-order valence-electron chi connectivity index (χ3n) is 1.63. The molecule has 0 aromatic carbocycles. The molecule has 0 aromatic heterocycles. The minimum absolute atomic E-state index is 0.159. The smallest absolute Gasteiger partial charge is 0.408 e. The number of nitrogens with one attached hydrogen (secondary N) is 2. The Labute approximate surface area is 95.6 Å². The number of hydrogen-bond donors (Lipinski definition) is 2. The molecule has 0 fully saturated rings. The Morgan fingerprint density at radius 1 is 1.31 bits per heavy atom. The van der Waals surface area contributed by atoms with Crippen molar-refractivity contribution < 1.29 is 19.2 Å². The van der Waals surface area contributed by atoms with Gasteiger partial charge in [0.1, 0.15) is 17.4 Å². The Bertz CT molecular complexity index is 250. The molecule has 0 aromatic rings. The van der Waals surface area contributed by atoms with Crippen molar-refractivity contribution in [3.63, 3.8) is 0 Å². The summed E-state index contributed by atoms with van der Waals surface area (Å²) in [5, 5.41) is 2.46. The second-order valence-electron chi connectivity index (χ2n) is 4.69. The van der Waals surface area contributed by atoms with E-state index in [9.17, 15) is 9.59 Å². The van der Waals surface area contributed by atoms with E-state index in [4.69, 9.17) is 4.74 Å². The molecule has 0 bridgehead atoms. The maximum Gasteiger partial charge on any atom is 0.408 e. The van der Waals surface area contributed by atoms with Crippen molar-refractivity contribution in [3.8, 4) is 0 Å². The van der Waals surface area contributed by atoms with E-state index < -0.39 is 17.2 Å². The van der Waals surface area contributed by atoms with Gasteiger partial charge in [-0.2, -0.15) is 0 Å². The molecule has 0 heterocycles. The van der Waals surface area contributed by atoms with E-state index in [1.54, 1.807) is 27.7 Å². The molecule has 6 heteroatoms. The average molecular weight is 232 g/mol. The van der Waals surface area contributed by atoms with Crippen LogP contribution in [0.4, 0.5) is 4.79 Å². The molecule has 0 aliphatic carbocycles. The molecular formula is C10H20N2O4. The first-order valence-electron chi connectivity index (χ1n) is 4.96. The molecule has 6 nitrogen and oxygen atoms in total. The normalized spacial score (nSPS) is 15.1. The molecule has 0 spiro atoms. The molecule has 0 aliphatic heterocycles. The van der Waals surface area contributed by atoms with Gasteiger partial charge in [0.15, 0.2) is 0 Å². The molecule has 16 heavy (non-hydrogen) atoms. The SMILES string of the molecule is CONCC(C)(C=O)NC(=O)OC(C)(C)C. The first kappa shape index (κ1) is 14.9. The molecular weight excluding hydrogens is 212 g/mol. The Morgan fingerprint density at radius 3 is 2.25 bits per heavy atom. The fraction of sp³-hybridized carbons (Fsp3) is 0.800. The predicted molar refractivity (Wildman–Crippen MR) is 58.9 cm³/mol. The second-order valence-corrected chi connectivity index (χ2v) is 4.69. The summed E-state index contributed by atoms with van der Waals surface area (Å²) < 4.78 is 5.04. The molecule has 0 saturated carbocycles. The molecule has 0 aliphatic rings. The van der Waals surface area contributed by atoms with Crippen LogP contribution in [-0.4, -0.2) is 37.2 Å². The van der Waals surface area contributed by atoms with Crippen LogP contribution in [0.5, 0.6) is 0 Å². The highest BCUT2D eigenvalue weighted by Crippen LogP contribution is 2.08. The second kappa shape index (κ2) is 5.81. The van der Waals surface area contributed by atoms with Gasteiger partial charge in [-0.05, 0) is 27.7 Å². The third kappa shape index (κ3) is 6.36. The van der Waals surface area contributed by atoms with Crippen LogP contribution in [0.15, 0.2) is 0 Å². The van der Waals surface area contributed by atoms with Gasteiger partial charge in [0.05, 0.1) is 13.7 Å². The van der Waals surface area contributed by atoms with E-state index in [0.717, 1.165) is 0 Å². The number of ether oxygens (including phenoxy) is 1. The van der Waals surface area contributed by atoms with Crippen LogP contribution < -0.4 is 10.8 Å². The zero-order valence-corrected chi connectivity index (χ0v) is 10.4. The van der Waals surface area contributed by atoms with Crippen molar-refractivity contribution in [2.75, 3.05) is 13.7 Å². The number of carbonyl (C=O) groups excluding carboxylic acids is 2. The van der Waals surface area contributed by atoms with Crippen molar-refractivity contribution in [1.29, 1.82) is 0 Å². The van der Waals surface area contributed by atoms with E-state index in [-0.39, 0.29) is 6.54 Å². The number of hydroxylamine groups is 1. The summed E-state index contributed by atoms with van der Waals surface area (Å²) in [6.45, 7) is 6.97. The van der Waals surface area contributed by atoms with Gasteiger partial charge in [0, 0.05) is 0 Å². The lowest BCUT2D eigenvalue weighted by Crippen LogP contribution is -2.54. The summed E-state index contributed by atoms with van der Waals surface area (Å²) in [4.78, 5) is 26.9. The van der Waals surface area contributed by atoms with Gasteiger partial charge in [-0.25, -0.2) is 10.3 Å². The van der Waals surface area contributed by atoms with E-state index in [1.165, 1.54) is 7.11 Å². The Balaban J connectivity index is 4.31. The standard InChI is InChI=1S/C10H20N2O4/c1-9(2,3)16-8(14)12-10(4,7-13)6-11-15-5/h7,11H,6H2,1-5H3,(H,12,14). The van der Waals surface area contributed by atoms with Gasteiger partial charge in [-0.3, -0.25) is 0 Å².